The predicted molar refractivity (Wildman–Crippen MR) is 94.9 cm³/mol. The van der Waals surface area contributed by atoms with Crippen molar-refractivity contribution in [3.8, 4) is 0 Å². The Kier molecular flexibility index (Phi) is 5.46. The molecular formula is C18H26N2O4S. The number of ether oxygens (including phenoxy) is 1. The van der Waals surface area contributed by atoms with Gasteiger partial charge in [0.05, 0.1) is 18.1 Å². The number of benzene rings is 1. The molecule has 0 radical (unpaired) electrons. The first-order valence-corrected chi connectivity index (χ1v) is 10.3. The van der Waals surface area contributed by atoms with E-state index in [1.54, 1.807) is 12.1 Å². The molecule has 0 aliphatic carbocycles. The highest BCUT2D eigenvalue weighted by Gasteiger charge is 2.28. The van der Waals surface area contributed by atoms with Crippen molar-refractivity contribution in [3.05, 3.63) is 29.8 Å². The molecule has 2 heterocycles. The number of amides is 1. The van der Waals surface area contributed by atoms with Crippen LogP contribution < -0.4 is 0 Å². The summed E-state index contributed by atoms with van der Waals surface area (Å²) in [6.45, 7) is 7.41. The smallest absolute Gasteiger partial charge is 0.253 e. The minimum Gasteiger partial charge on any atom is -0.379 e. The zero-order valence-corrected chi connectivity index (χ0v) is 15.7. The van der Waals surface area contributed by atoms with Gasteiger partial charge < -0.3 is 9.64 Å². The Morgan fingerprint density at radius 3 is 2.16 bits per heavy atom. The highest BCUT2D eigenvalue weighted by Crippen LogP contribution is 2.23. The highest BCUT2D eigenvalue weighted by atomic mass is 32.2. The Hall–Kier alpha value is -1.44. The lowest BCUT2D eigenvalue weighted by molar-refractivity contribution is 0.0623. The van der Waals surface area contributed by atoms with Crippen LogP contribution in [0.2, 0.25) is 0 Å². The van der Waals surface area contributed by atoms with Gasteiger partial charge in [-0.05, 0) is 42.5 Å². The molecular weight excluding hydrogens is 340 g/mol. The van der Waals surface area contributed by atoms with Gasteiger partial charge in [-0.15, -0.1) is 0 Å². The highest BCUT2D eigenvalue weighted by molar-refractivity contribution is 7.89. The maximum Gasteiger partial charge on any atom is 0.253 e. The van der Waals surface area contributed by atoms with Crippen molar-refractivity contribution >= 4 is 15.9 Å². The minimum atomic E-state index is -3.52. The first kappa shape index (κ1) is 18.4. The molecule has 2 unspecified atom stereocenters. The fourth-order valence-corrected chi connectivity index (χ4v) is 5.12. The van der Waals surface area contributed by atoms with Gasteiger partial charge in [0.1, 0.15) is 0 Å². The molecule has 6 nitrogen and oxygen atoms in total. The molecule has 2 aliphatic rings. The molecule has 0 bridgehead atoms. The third-order valence-electron chi connectivity index (χ3n) is 4.87. The predicted octanol–water partition coefficient (Wildman–Crippen LogP) is 1.83. The van der Waals surface area contributed by atoms with E-state index in [0.717, 1.165) is 19.5 Å². The van der Waals surface area contributed by atoms with Crippen LogP contribution in [0.15, 0.2) is 29.2 Å². The third-order valence-corrected chi connectivity index (χ3v) is 6.78. The van der Waals surface area contributed by atoms with Crippen LogP contribution in [0.4, 0.5) is 0 Å². The molecule has 2 atom stereocenters. The summed E-state index contributed by atoms with van der Waals surface area (Å²) in [4.78, 5) is 14.8. The monoisotopic (exact) mass is 366 g/mol. The van der Waals surface area contributed by atoms with E-state index in [9.17, 15) is 13.2 Å². The molecule has 2 fully saturated rings. The molecule has 1 aromatic carbocycles. The lowest BCUT2D eigenvalue weighted by Crippen LogP contribution is -2.42. The first-order chi connectivity index (χ1) is 11.9. The molecule has 2 saturated heterocycles. The number of carbonyl (C=O) groups excluding carboxylic acids is 1. The second-order valence-corrected chi connectivity index (χ2v) is 9.13. The van der Waals surface area contributed by atoms with Gasteiger partial charge in [-0.3, -0.25) is 4.79 Å². The molecule has 0 N–H and O–H groups in total. The summed E-state index contributed by atoms with van der Waals surface area (Å²) in [5, 5.41) is 0. The van der Waals surface area contributed by atoms with Crippen LogP contribution in [0, 0.1) is 11.8 Å². The van der Waals surface area contributed by atoms with Gasteiger partial charge in [0.25, 0.3) is 5.91 Å². The topological polar surface area (TPSA) is 66.9 Å². The summed E-state index contributed by atoms with van der Waals surface area (Å²) in [7, 11) is -3.52. The standard InChI is InChI=1S/C18H26N2O4S/c1-14-11-15(2)13-19(12-14)18(21)16-3-5-17(6-4-16)25(22,23)20-7-9-24-10-8-20/h3-6,14-15H,7-13H2,1-2H3. The van der Waals surface area contributed by atoms with E-state index in [-0.39, 0.29) is 10.8 Å². The molecule has 0 aromatic heterocycles. The molecule has 0 saturated carbocycles. The number of morpholine rings is 1. The van der Waals surface area contributed by atoms with Crippen LogP contribution in [0.5, 0.6) is 0 Å². The number of nitrogens with zero attached hydrogens (tertiary/aromatic N) is 2. The number of rotatable bonds is 3. The van der Waals surface area contributed by atoms with Crippen LogP contribution in [0.3, 0.4) is 0 Å². The van der Waals surface area contributed by atoms with E-state index in [1.165, 1.54) is 16.4 Å². The summed E-state index contributed by atoms with van der Waals surface area (Å²) in [6.07, 6.45) is 1.14. The lowest BCUT2D eigenvalue weighted by atomic mass is 9.91. The number of hydrogen-bond acceptors (Lipinski definition) is 4. The van der Waals surface area contributed by atoms with E-state index in [1.807, 2.05) is 4.90 Å². The van der Waals surface area contributed by atoms with Crippen molar-refractivity contribution in [1.29, 1.82) is 0 Å². The van der Waals surface area contributed by atoms with Crippen molar-refractivity contribution in [2.75, 3.05) is 39.4 Å². The van der Waals surface area contributed by atoms with Crippen molar-refractivity contribution in [1.82, 2.24) is 9.21 Å². The fourth-order valence-electron chi connectivity index (χ4n) is 3.72. The molecule has 3 rings (SSSR count). The third kappa shape index (κ3) is 4.04. The maximum absolute atomic E-state index is 12.7. The number of sulfonamides is 1. The largest absolute Gasteiger partial charge is 0.379 e. The van der Waals surface area contributed by atoms with E-state index in [2.05, 4.69) is 13.8 Å². The summed E-state index contributed by atoms with van der Waals surface area (Å²) >= 11 is 0. The van der Waals surface area contributed by atoms with Gasteiger partial charge in [-0.1, -0.05) is 13.8 Å². The van der Waals surface area contributed by atoms with E-state index in [4.69, 9.17) is 4.74 Å². The second kappa shape index (κ2) is 7.43. The normalized spacial score (nSPS) is 25.8. The van der Waals surface area contributed by atoms with E-state index < -0.39 is 10.0 Å². The Balaban J connectivity index is 1.74. The van der Waals surface area contributed by atoms with Crippen LogP contribution in [-0.2, 0) is 14.8 Å². The van der Waals surface area contributed by atoms with Crippen molar-refractivity contribution in [3.63, 3.8) is 0 Å². The van der Waals surface area contributed by atoms with Crippen LogP contribution in [0.1, 0.15) is 30.6 Å². The molecule has 2 aliphatic heterocycles. The average Bonchev–Trinajstić information content (AvgIpc) is 2.61. The first-order valence-electron chi connectivity index (χ1n) is 8.85. The maximum atomic E-state index is 12.7. The van der Waals surface area contributed by atoms with Crippen molar-refractivity contribution in [2.45, 2.75) is 25.2 Å². The Morgan fingerprint density at radius 1 is 1.04 bits per heavy atom. The molecule has 25 heavy (non-hydrogen) atoms. The van der Waals surface area contributed by atoms with Crippen LogP contribution in [0.25, 0.3) is 0 Å². The van der Waals surface area contributed by atoms with Gasteiger partial charge in [-0.2, -0.15) is 4.31 Å². The molecule has 0 spiro atoms. The lowest BCUT2D eigenvalue weighted by Gasteiger charge is -2.35. The quantitative estimate of drug-likeness (QED) is 0.818. The average molecular weight is 366 g/mol. The number of carbonyl (C=O) groups is 1. The zero-order chi connectivity index (χ0) is 18.0. The summed E-state index contributed by atoms with van der Waals surface area (Å²) in [5.41, 5.74) is 0.544. The number of piperidine rings is 1. The fraction of sp³-hybridized carbons (Fsp3) is 0.611. The molecule has 7 heteroatoms. The zero-order valence-electron chi connectivity index (χ0n) is 14.8. The Bertz CT molecular complexity index is 701. The van der Waals surface area contributed by atoms with Gasteiger partial charge >= 0.3 is 0 Å². The Labute approximate surface area is 149 Å². The van der Waals surface area contributed by atoms with Gasteiger partial charge in [-0.25, -0.2) is 8.42 Å². The SMILES string of the molecule is CC1CC(C)CN(C(=O)c2ccc(S(=O)(=O)N3CCOCC3)cc2)C1. The van der Waals surface area contributed by atoms with Gasteiger partial charge in [0.2, 0.25) is 10.0 Å². The van der Waals surface area contributed by atoms with E-state index >= 15 is 0 Å². The molecule has 138 valence electrons. The van der Waals surface area contributed by atoms with Crippen molar-refractivity contribution < 1.29 is 17.9 Å². The van der Waals surface area contributed by atoms with Crippen LogP contribution in [-0.4, -0.2) is 62.9 Å². The van der Waals surface area contributed by atoms with Gasteiger partial charge in [0.15, 0.2) is 0 Å². The summed E-state index contributed by atoms with van der Waals surface area (Å²) in [5.74, 6) is 0.969. The number of likely N-dealkylation sites (tertiary alicyclic amines) is 1. The minimum absolute atomic E-state index is 0.0197. The Morgan fingerprint density at radius 2 is 1.60 bits per heavy atom. The molecule has 1 amide bonds. The summed E-state index contributed by atoms with van der Waals surface area (Å²) < 4.78 is 31.9. The number of hydrogen-bond donors (Lipinski definition) is 0. The van der Waals surface area contributed by atoms with Crippen molar-refractivity contribution in [2.24, 2.45) is 11.8 Å². The van der Waals surface area contributed by atoms with Gasteiger partial charge in [0, 0.05) is 31.7 Å². The summed E-state index contributed by atoms with van der Waals surface area (Å²) in [6, 6.07) is 6.32. The van der Waals surface area contributed by atoms with Crippen LogP contribution >= 0.6 is 0 Å². The molecule has 1 aromatic rings. The second-order valence-electron chi connectivity index (χ2n) is 7.20. The van der Waals surface area contributed by atoms with E-state index in [0.29, 0.717) is 43.7 Å².